The van der Waals surface area contributed by atoms with Crippen molar-refractivity contribution >= 4 is 11.8 Å². The topological polar surface area (TPSA) is 0 Å². The van der Waals surface area contributed by atoms with E-state index in [2.05, 4.69) is 50.0 Å². The van der Waals surface area contributed by atoms with Gasteiger partial charge >= 0.3 is 0 Å². The van der Waals surface area contributed by atoms with Crippen LogP contribution in [0.5, 0.6) is 0 Å². The van der Waals surface area contributed by atoms with Crippen LogP contribution in [0.4, 0.5) is 0 Å². The normalized spacial score (nSPS) is 19.2. The van der Waals surface area contributed by atoms with E-state index >= 15 is 0 Å². The van der Waals surface area contributed by atoms with Gasteiger partial charge < -0.3 is 0 Å². The molecule has 0 saturated carbocycles. The predicted octanol–water partition coefficient (Wildman–Crippen LogP) is 5.29. The SMILES string of the molecule is CCC=CC1=C(CC)CC2=C(C=C=CC=C2)S1. The molecule has 0 unspecified atom stereocenters. The van der Waals surface area contributed by atoms with E-state index in [1.165, 1.54) is 15.4 Å². The summed E-state index contributed by atoms with van der Waals surface area (Å²) in [6.45, 7) is 4.42. The molecule has 0 atom stereocenters. The minimum atomic E-state index is 1.09. The standard InChI is InChI=1S/C16H18S/c1-3-5-10-15-13(4-2)12-14-9-7-6-8-11-16(14)17-15/h5-7,9-11H,3-4,12H2,1-2H3. The predicted molar refractivity (Wildman–Crippen MR) is 77.8 cm³/mol. The second-order valence-corrected chi connectivity index (χ2v) is 5.22. The first kappa shape index (κ1) is 12.3. The maximum atomic E-state index is 3.19. The van der Waals surface area contributed by atoms with Gasteiger partial charge in [0.1, 0.15) is 0 Å². The van der Waals surface area contributed by atoms with Gasteiger partial charge in [0.25, 0.3) is 0 Å². The van der Waals surface area contributed by atoms with Crippen molar-refractivity contribution < 1.29 is 0 Å². The van der Waals surface area contributed by atoms with Crippen LogP contribution in [0.25, 0.3) is 0 Å². The first-order valence-corrected chi connectivity index (χ1v) is 7.05. The third-order valence-corrected chi connectivity index (χ3v) is 4.17. The van der Waals surface area contributed by atoms with E-state index in [-0.39, 0.29) is 0 Å². The number of hydrogen-bond donors (Lipinski definition) is 0. The van der Waals surface area contributed by atoms with Gasteiger partial charge in [-0.2, -0.15) is 0 Å². The highest BCUT2D eigenvalue weighted by molar-refractivity contribution is 8.07. The van der Waals surface area contributed by atoms with Gasteiger partial charge in [0.2, 0.25) is 0 Å². The van der Waals surface area contributed by atoms with Crippen molar-refractivity contribution in [3.8, 4) is 0 Å². The van der Waals surface area contributed by atoms with Gasteiger partial charge in [-0.1, -0.05) is 55.5 Å². The summed E-state index contributed by atoms with van der Waals surface area (Å²) in [6, 6.07) is 0. The lowest BCUT2D eigenvalue weighted by Gasteiger charge is -2.19. The summed E-state index contributed by atoms with van der Waals surface area (Å²) >= 11 is 1.88. The van der Waals surface area contributed by atoms with Crippen molar-refractivity contribution in [2.45, 2.75) is 33.1 Å². The van der Waals surface area contributed by atoms with E-state index in [4.69, 9.17) is 0 Å². The molecule has 1 aliphatic heterocycles. The minimum absolute atomic E-state index is 1.09. The second kappa shape index (κ2) is 5.95. The van der Waals surface area contributed by atoms with Crippen LogP contribution in [-0.2, 0) is 0 Å². The van der Waals surface area contributed by atoms with E-state index in [1.807, 2.05) is 17.8 Å². The molecule has 0 amide bonds. The fourth-order valence-corrected chi connectivity index (χ4v) is 3.10. The summed E-state index contributed by atoms with van der Waals surface area (Å²) in [7, 11) is 0. The van der Waals surface area contributed by atoms with E-state index in [1.54, 1.807) is 5.57 Å². The van der Waals surface area contributed by atoms with Crippen LogP contribution in [0.15, 0.2) is 63.1 Å². The molecule has 0 spiro atoms. The Hall–Kier alpha value is -1.17. The summed E-state index contributed by atoms with van der Waals surface area (Å²) in [5, 5.41) is 0. The van der Waals surface area contributed by atoms with Crippen LogP contribution in [0.3, 0.4) is 0 Å². The van der Waals surface area contributed by atoms with Crippen molar-refractivity contribution in [1.82, 2.24) is 0 Å². The van der Waals surface area contributed by atoms with E-state index in [0.717, 1.165) is 19.3 Å². The van der Waals surface area contributed by atoms with Gasteiger partial charge in [-0.25, -0.2) is 0 Å². The third-order valence-electron chi connectivity index (χ3n) is 2.92. The van der Waals surface area contributed by atoms with Crippen molar-refractivity contribution in [2.24, 2.45) is 0 Å². The first-order valence-electron chi connectivity index (χ1n) is 6.23. The van der Waals surface area contributed by atoms with Crippen molar-refractivity contribution in [3.63, 3.8) is 0 Å². The first-order chi connectivity index (χ1) is 8.35. The van der Waals surface area contributed by atoms with Crippen LogP contribution >= 0.6 is 11.8 Å². The van der Waals surface area contributed by atoms with Crippen LogP contribution in [0, 0.1) is 0 Å². The van der Waals surface area contributed by atoms with Crippen molar-refractivity contribution in [1.29, 1.82) is 0 Å². The molecule has 0 radical (unpaired) electrons. The lowest BCUT2D eigenvalue weighted by molar-refractivity contribution is 0.997. The Balaban J connectivity index is 2.29. The Kier molecular flexibility index (Phi) is 4.30. The number of rotatable bonds is 3. The molecule has 0 aromatic rings. The molecule has 0 N–H and O–H groups in total. The maximum absolute atomic E-state index is 3.19. The molecule has 0 saturated heterocycles. The largest absolute Gasteiger partial charge is 0.120 e. The van der Waals surface area contributed by atoms with Crippen LogP contribution in [-0.4, -0.2) is 0 Å². The van der Waals surface area contributed by atoms with Gasteiger partial charge in [-0.05, 0) is 37.0 Å². The summed E-state index contributed by atoms with van der Waals surface area (Å²) in [4.78, 5) is 2.78. The summed E-state index contributed by atoms with van der Waals surface area (Å²) in [5.74, 6) is 0. The highest BCUT2D eigenvalue weighted by atomic mass is 32.2. The van der Waals surface area contributed by atoms with Gasteiger partial charge in [-0.3, -0.25) is 0 Å². The van der Waals surface area contributed by atoms with E-state index in [0.29, 0.717) is 0 Å². The van der Waals surface area contributed by atoms with Crippen molar-refractivity contribution in [3.05, 3.63) is 63.1 Å². The lowest BCUT2D eigenvalue weighted by atomic mass is 10.0. The van der Waals surface area contributed by atoms with E-state index in [9.17, 15) is 0 Å². The van der Waals surface area contributed by atoms with Crippen LogP contribution in [0.2, 0.25) is 0 Å². The Bertz CT molecular complexity index is 478. The van der Waals surface area contributed by atoms with Crippen LogP contribution < -0.4 is 0 Å². The highest BCUT2D eigenvalue weighted by Crippen LogP contribution is 2.41. The Morgan fingerprint density at radius 2 is 2.29 bits per heavy atom. The van der Waals surface area contributed by atoms with Gasteiger partial charge in [0.15, 0.2) is 0 Å². The molecule has 1 aliphatic carbocycles. The van der Waals surface area contributed by atoms with Crippen molar-refractivity contribution in [2.75, 3.05) is 0 Å². The molecule has 0 nitrogen and oxygen atoms in total. The Morgan fingerprint density at radius 1 is 1.41 bits per heavy atom. The fourth-order valence-electron chi connectivity index (χ4n) is 1.94. The quantitative estimate of drug-likeness (QED) is 0.606. The fraction of sp³-hybridized carbons (Fsp3) is 0.312. The van der Waals surface area contributed by atoms with E-state index < -0.39 is 0 Å². The third kappa shape index (κ3) is 2.94. The number of allylic oxidation sites excluding steroid dienone is 7. The molecule has 0 bridgehead atoms. The van der Waals surface area contributed by atoms with Gasteiger partial charge in [0.05, 0.1) is 0 Å². The molecule has 2 aliphatic rings. The number of thioether (sulfide) groups is 1. The molecule has 0 aromatic heterocycles. The molecule has 1 heterocycles. The zero-order valence-electron chi connectivity index (χ0n) is 10.5. The smallest absolute Gasteiger partial charge is 0.0234 e. The molecule has 2 rings (SSSR count). The summed E-state index contributed by atoms with van der Waals surface area (Å²) in [5.41, 5.74) is 6.18. The number of hydrogen-bond acceptors (Lipinski definition) is 1. The van der Waals surface area contributed by atoms with Gasteiger partial charge in [0, 0.05) is 9.81 Å². The zero-order chi connectivity index (χ0) is 12.1. The monoisotopic (exact) mass is 242 g/mol. The van der Waals surface area contributed by atoms with Gasteiger partial charge in [-0.15, -0.1) is 5.73 Å². The molecule has 0 fully saturated rings. The Labute approximate surface area is 108 Å². The average Bonchev–Trinajstić information content (AvgIpc) is 2.59. The lowest BCUT2D eigenvalue weighted by Crippen LogP contribution is -1.97. The highest BCUT2D eigenvalue weighted by Gasteiger charge is 2.16. The molecular formula is C16H18S. The maximum Gasteiger partial charge on any atom is 0.0234 e. The minimum Gasteiger partial charge on any atom is -0.120 e. The average molecular weight is 242 g/mol. The van der Waals surface area contributed by atoms with Crippen LogP contribution in [0.1, 0.15) is 33.1 Å². The molecule has 88 valence electrons. The Morgan fingerprint density at radius 3 is 3.06 bits per heavy atom. The molecule has 17 heavy (non-hydrogen) atoms. The molecule has 1 heteroatoms. The molecule has 0 aromatic carbocycles. The zero-order valence-corrected chi connectivity index (χ0v) is 11.3. The molecular weight excluding hydrogens is 224 g/mol. The summed E-state index contributed by atoms with van der Waals surface area (Å²) in [6.07, 6.45) is 16.2. The second-order valence-electron chi connectivity index (χ2n) is 4.14. The summed E-state index contributed by atoms with van der Waals surface area (Å²) < 4.78 is 0.